The van der Waals surface area contributed by atoms with E-state index in [1.807, 2.05) is 11.8 Å². The van der Waals surface area contributed by atoms with E-state index in [2.05, 4.69) is 15.1 Å². The van der Waals surface area contributed by atoms with Gasteiger partial charge < -0.3 is 29.4 Å². The van der Waals surface area contributed by atoms with Crippen LogP contribution < -0.4 is 10.5 Å². The molecular weight excluding hydrogens is 458 g/mol. The minimum absolute atomic E-state index is 0.194. The Labute approximate surface area is 204 Å². The first-order valence-corrected chi connectivity index (χ1v) is 12.7. The summed E-state index contributed by atoms with van der Waals surface area (Å²) >= 11 is 6.38. The number of amides is 1. The topological polar surface area (TPSA) is 107 Å². The molecule has 1 aromatic carbocycles. The van der Waals surface area contributed by atoms with Crippen LogP contribution in [0.4, 0.5) is 10.5 Å². The maximum atomic E-state index is 11.9. The predicted octanol–water partition coefficient (Wildman–Crippen LogP) is 4.10. The van der Waals surface area contributed by atoms with Gasteiger partial charge in [-0.25, -0.2) is 4.79 Å². The molecule has 9 nitrogen and oxygen atoms in total. The highest BCUT2D eigenvalue weighted by Gasteiger charge is 2.32. The number of anilines is 1. The smallest absolute Gasteiger partial charge is 0.409 e. The van der Waals surface area contributed by atoms with Crippen molar-refractivity contribution in [3.8, 4) is 17.2 Å². The van der Waals surface area contributed by atoms with Crippen molar-refractivity contribution in [2.75, 3.05) is 45.1 Å². The third-order valence-corrected chi connectivity index (χ3v) is 7.56. The molecule has 10 heteroatoms. The maximum Gasteiger partial charge on any atom is 0.409 e. The number of nitrogens with two attached hydrogens (primary N) is 1. The molecule has 0 aliphatic carbocycles. The molecule has 0 saturated carbocycles. The fourth-order valence-electron chi connectivity index (χ4n) is 5.34. The van der Waals surface area contributed by atoms with Crippen LogP contribution in [0.3, 0.4) is 0 Å². The molecule has 2 N–H and O–H groups in total. The molecule has 2 aromatic rings. The van der Waals surface area contributed by atoms with Crippen molar-refractivity contribution in [2.24, 2.45) is 0 Å². The van der Waals surface area contributed by atoms with Crippen LogP contribution in [0.2, 0.25) is 5.02 Å². The third-order valence-electron chi connectivity index (χ3n) is 7.25. The summed E-state index contributed by atoms with van der Waals surface area (Å²) in [5, 5.41) is 9.20. The van der Waals surface area contributed by atoms with Crippen molar-refractivity contribution in [1.29, 1.82) is 0 Å². The summed E-state index contributed by atoms with van der Waals surface area (Å²) in [6, 6.07) is 2.27. The number of fused-ring (bicyclic) bond motifs is 1. The van der Waals surface area contributed by atoms with Crippen LogP contribution in [0.15, 0.2) is 10.5 Å². The molecule has 2 fully saturated rings. The second-order valence-corrected chi connectivity index (χ2v) is 9.66. The Morgan fingerprint density at radius 3 is 2.71 bits per heavy atom. The van der Waals surface area contributed by atoms with Crippen LogP contribution >= 0.6 is 11.6 Å². The Morgan fingerprint density at radius 1 is 1.21 bits per heavy atom. The summed E-state index contributed by atoms with van der Waals surface area (Å²) in [6.45, 7) is 6.38. The zero-order chi connectivity index (χ0) is 23.7. The molecule has 0 atom stereocenters. The van der Waals surface area contributed by atoms with Crippen LogP contribution in [-0.4, -0.2) is 71.5 Å². The number of carbonyl (C=O) groups excluding carboxylic acids is 1. The highest BCUT2D eigenvalue weighted by molar-refractivity contribution is 6.33. The first kappa shape index (κ1) is 23.2. The number of aromatic nitrogens is 2. The summed E-state index contributed by atoms with van der Waals surface area (Å²) in [5.41, 5.74) is 8.39. The Morgan fingerprint density at radius 2 is 1.97 bits per heavy atom. The van der Waals surface area contributed by atoms with Crippen molar-refractivity contribution < 1.29 is 18.7 Å². The number of nitrogens with zero attached hydrogens (tertiary/aromatic N) is 4. The predicted molar refractivity (Wildman–Crippen MR) is 128 cm³/mol. The van der Waals surface area contributed by atoms with Crippen LogP contribution in [0.1, 0.15) is 56.4 Å². The Balaban J connectivity index is 1.21. The fourth-order valence-corrected chi connectivity index (χ4v) is 5.57. The van der Waals surface area contributed by atoms with E-state index >= 15 is 0 Å². The second-order valence-electron chi connectivity index (χ2n) is 9.25. The molecule has 184 valence electrons. The van der Waals surface area contributed by atoms with Gasteiger partial charge in [0.15, 0.2) is 0 Å². The van der Waals surface area contributed by atoms with E-state index in [0.29, 0.717) is 47.5 Å². The highest BCUT2D eigenvalue weighted by atomic mass is 35.5. The Bertz CT molecular complexity index is 1030. The molecule has 3 aliphatic rings. The number of hydrogen-bond acceptors (Lipinski definition) is 8. The minimum Gasteiger partial charge on any atom is -0.492 e. The van der Waals surface area contributed by atoms with Crippen LogP contribution in [0.25, 0.3) is 11.5 Å². The standard InChI is InChI=1S/C24H32ClN5O4/c1-2-32-24(31)30-11-7-16(8-12-30)29-9-5-15(6-10-29)22-27-28-23(34-22)18-14-19(25)20(26)17-4-3-13-33-21(17)18/h14-16H,2-13,26H2,1H3. The minimum atomic E-state index is -0.194. The van der Waals surface area contributed by atoms with Gasteiger partial charge in [-0.1, -0.05) is 11.6 Å². The van der Waals surface area contributed by atoms with Gasteiger partial charge in [-0.3, -0.25) is 0 Å². The van der Waals surface area contributed by atoms with E-state index in [9.17, 15) is 4.79 Å². The Hall–Kier alpha value is -2.52. The van der Waals surface area contributed by atoms with E-state index in [-0.39, 0.29) is 12.0 Å². The average Bonchev–Trinajstić information content (AvgIpc) is 3.37. The molecule has 1 amide bonds. The molecule has 0 radical (unpaired) electrons. The van der Waals surface area contributed by atoms with Gasteiger partial charge in [-0.15, -0.1) is 10.2 Å². The molecule has 1 aromatic heterocycles. The van der Waals surface area contributed by atoms with Gasteiger partial charge in [0, 0.05) is 30.6 Å². The lowest BCUT2D eigenvalue weighted by molar-refractivity contribution is 0.0650. The normalized spacial score (nSPS) is 20.1. The number of benzene rings is 1. The average molecular weight is 490 g/mol. The van der Waals surface area contributed by atoms with Crippen LogP contribution in [0, 0.1) is 0 Å². The molecule has 2 saturated heterocycles. The number of rotatable bonds is 4. The molecule has 4 heterocycles. The zero-order valence-electron chi connectivity index (χ0n) is 19.6. The van der Waals surface area contributed by atoms with Gasteiger partial charge in [0.05, 0.1) is 29.5 Å². The van der Waals surface area contributed by atoms with E-state index in [0.717, 1.165) is 75.8 Å². The molecular formula is C24H32ClN5O4. The number of carbonyl (C=O) groups is 1. The number of piperidine rings is 2. The largest absolute Gasteiger partial charge is 0.492 e. The summed E-state index contributed by atoms with van der Waals surface area (Å²) < 4.78 is 17.2. The van der Waals surface area contributed by atoms with Gasteiger partial charge in [0.2, 0.25) is 5.89 Å². The third kappa shape index (κ3) is 4.55. The molecule has 0 unspecified atom stereocenters. The van der Waals surface area contributed by atoms with Gasteiger partial charge in [-0.2, -0.15) is 0 Å². The fraction of sp³-hybridized carbons (Fsp3) is 0.625. The number of likely N-dealkylation sites (tertiary alicyclic amines) is 2. The van der Waals surface area contributed by atoms with Crippen molar-refractivity contribution in [3.63, 3.8) is 0 Å². The summed E-state index contributed by atoms with van der Waals surface area (Å²) in [5.74, 6) is 2.05. The van der Waals surface area contributed by atoms with Gasteiger partial charge in [-0.05, 0) is 64.6 Å². The van der Waals surface area contributed by atoms with E-state index < -0.39 is 0 Å². The second kappa shape index (κ2) is 10.00. The first-order valence-electron chi connectivity index (χ1n) is 12.3. The van der Waals surface area contributed by atoms with E-state index in [1.165, 1.54) is 0 Å². The van der Waals surface area contributed by atoms with E-state index in [4.69, 9.17) is 31.2 Å². The van der Waals surface area contributed by atoms with Crippen molar-refractivity contribution in [1.82, 2.24) is 20.0 Å². The zero-order valence-corrected chi connectivity index (χ0v) is 20.4. The maximum absolute atomic E-state index is 11.9. The molecule has 5 rings (SSSR count). The lowest BCUT2D eigenvalue weighted by Crippen LogP contribution is -2.48. The summed E-state index contributed by atoms with van der Waals surface area (Å²) in [6.07, 6.45) is 5.45. The van der Waals surface area contributed by atoms with E-state index in [1.54, 1.807) is 6.07 Å². The number of halogens is 1. The number of ether oxygens (including phenoxy) is 2. The number of nitrogen functional groups attached to an aromatic ring is 1. The molecule has 0 spiro atoms. The monoisotopic (exact) mass is 489 g/mol. The summed E-state index contributed by atoms with van der Waals surface area (Å²) in [7, 11) is 0. The highest BCUT2D eigenvalue weighted by Crippen LogP contribution is 2.43. The molecule has 0 bridgehead atoms. The summed E-state index contributed by atoms with van der Waals surface area (Å²) in [4.78, 5) is 16.3. The quantitative estimate of drug-likeness (QED) is 0.639. The first-order chi connectivity index (χ1) is 16.5. The SMILES string of the molecule is CCOC(=O)N1CCC(N2CCC(c3nnc(-c4cc(Cl)c(N)c5c4OCCC5)o3)CC2)CC1. The lowest BCUT2D eigenvalue weighted by Gasteiger charge is -2.41. The Kier molecular flexibility index (Phi) is 6.83. The van der Waals surface area contributed by atoms with Gasteiger partial charge in [0.1, 0.15) is 5.75 Å². The van der Waals surface area contributed by atoms with Crippen LogP contribution in [0.5, 0.6) is 5.75 Å². The van der Waals surface area contributed by atoms with Crippen molar-refractivity contribution >= 4 is 23.4 Å². The molecule has 34 heavy (non-hydrogen) atoms. The molecule has 3 aliphatic heterocycles. The lowest BCUT2D eigenvalue weighted by atomic mass is 9.93. The van der Waals surface area contributed by atoms with Crippen molar-refractivity contribution in [2.45, 2.75) is 57.4 Å². The van der Waals surface area contributed by atoms with Crippen LogP contribution in [-0.2, 0) is 11.2 Å². The number of hydrogen-bond donors (Lipinski definition) is 1. The van der Waals surface area contributed by atoms with Gasteiger partial charge in [0.25, 0.3) is 5.89 Å². The van der Waals surface area contributed by atoms with Gasteiger partial charge >= 0.3 is 6.09 Å². The van der Waals surface area contributed by atoms with Crippen molar-refractivity contribution in [3.05, 3.63) is 22.5 Å².